The number of amides is 1. The molecule has 2 N–H and O–H groups in total. The molecule has 0 aromatic rings. The third-order valence-electron chi connectivity index (χ3n) is 17.8. The molecule has 1 amide bonds. The van der Waals surface area contributed by atoms with Crippen molar-refractivity contribution in [2.75, 3.05) is 40.9 Å². The van der Waals surface area contributed by atoms with Crippen LogP contribution in [-0.2, 0) is 27.9 Å². The van der Waals surface area contributed by atoms with Crippen molar-refractivity contribution in [1.29, 1.82) is 0 Å². The molecule has 0 aliphatic carbocycles. The Kier molecular flexibility index (Phi) is 66.7. The summed E-state index contributed by atoms with van der Waals surface area (Å²) in [5.41, 5.74) is 0. The van der Waals surface area contributed by atoms with Crippen LogP contribution in [0.5, 0.6) is 0 Å². The van der Waals surface area contributed by atoms with Crippen molar-refractivity contribution in [2.45, 2.75) is 412 Å². The maximum atomic E-state index is 13.6. The Hall–Kier alpha value is -1.77. The summed E-state index contributed by atoms with van der Waals surface area (Å²) in [4.78, 5) is 38.0. The van der Waals surface area contributed by atoms with E-state index in [0.29, 0.717) is 23.9 Å². The summed E-state index contributed by atoms with van der Waals surface area (Å²) < 4.78 is 30.9. The molecule has 0 fully saturated rings. The van der Waals surface area contributed by atoms with Gasteiger partial charge in [0.2, 0.25) is 5.91 Å². The first-order chi connectivity index (χ1) is 42.9. The Morgan fingerprint density at radius 1 is 0.398 bits per heavy atom. The Balaban J connectivity index is 4.92. The van der Waals surface area contributed by atoms with E-state index in [-0.39, 0.29) is 25.1 Å². The number of hydrogen-bond acceptors (Lipinski definition) is 6. The van der Waals surface area contributed by atoms with Gasteiger partial charge in [-0.05, 0) is 63.9 Å². The number of unbranched alkanes of at least 4 members (excludes halogenated alkanes) is 52. The minimum absolute atomic E-state index is 0.0437. The van der Waals surface area contributed by atoms with E-state index in [1.54, 1.807) is 0 Å². The fourth-order valence-corrected chi connectivity index (χ4v) is 12.6. The van der Waals surface area contributed by atoms with Gasteiger partial charge in [-0.2, -0.15) is 0 Å². The van der Waals surface area contributed by atoms with E-state index < -0.39 is 20.0 Å². The van der Waals surface area contributed by atoms with Crippen molar-refractivity contribution in [1.82, 2.24) is 5.32 Å². The SMILES string of the molecule is CCCCC/C=C\C/C=C\CCCCCCCCCCCCCCCCCC(=O)NC(COP(=O)(O)OCC[N+](C)(C)C)C(/C=C/CCCCCCCCCCCC)OC(=O)CCCCCCCCCCCCCCCCCCCCCCCCCCC. The lowest BCUT2D eigenvalue weighted by molar-refractivity contribution is -0.870. The summed E-state index contributed by atoms with van der Waals surface area (Å²) in [6.45, 7) is 7.06. The molecule has 9 nitrogen and oxygen atoms in total. The zero-order valence-electron chi connectivity index (χ0n) is 59.8. The number of nitrogens with one attached hydrogen (secondary N) is 1. The molecule has 0 saturated heterocycles. The zero-order valence-corrected chi connectivity index (χ0v) is 60.6. The molecule has 0 spiro atoms. The molecule has 0 aromatic carbocycles. The molecule has 0 aliphatic heterocycles. The number of allylic oxidation sites excluding steroid dienone is 5. The number of nitrogens with zero attached hydrogens (tertiary/aromatic N) is 1. The average Bonchev–Trinajstić information content (AvgIpc) is 3.71. The molecule has 0 saturated carbocycles. The number of hydrogen-bond donors (Lipinski definition) is 2. The van der Waals surface area contributed by atoms with Crippen LogP contribution in [0, 0.1) is 0 Å². The molecule has 0 aliphatic rings. The van der Waals surface area contributed by atoms with Gasteiger partial charge in [0.25, 0.3) is 0 Å². The number of carbonyl (C=O) groups excluding carboxylic acids is 2. The van der Waals surface area contributed by atoms with Gasteiger partial charge in [0, 0.05) is 12.8 Å². The predicted octanol–water partition coefficient (Wildman–Crippen LogP) is 25.0. The fourth-order valence-electron chi connectivity index (χ4n) is 11.9. The molecule has 88 heavy (non-hydrogen) atoms. The molecule has 10 heteroatoms. The van der Waals surface area contributed by atoms with Crippen molar-refractivity contribution in [3.63, 3.8) is 0 Å². The lowest BCUT2D eigenvalue weighted by Gasteiger charge is -2.27. The molecule has 3 unspecified atom stereocenters. The van der Waals surface area contributed by atoms with Crippen LogP contribution >= 0.6 is 7.82 Å². The van der Waals surface area contributed by atoms with Gasteiger partial charge in [0.05, 0.1) is 33.8 Å². The minimum Gasteiger partial charge on any atom is -0.456 e. The van der Waals surface area contributed by atoms with Crippen molar-refractivity contribution in [2.24, 2.45) is 0 Å². The summed E-state index contributed by atoms with van der Waals surface area (Å²) in [6, 6.07) is -0.845. The van der Waals surface area contributed by atoms with Crippen LogP contribution in [0.2, 0.25) is 0 Å². The normalized spacial score (nSPS) is 13.6. The number of ether oxygens (including phenoxy) is 1. The van der Waals surface area contributed by atoms with Gasteiger partial charge >= 0.3 is 13.8 Å². The van der Waals surface area contributed by atoms with Crippen molar-refractivity contribution >= 4 is 19.7 Å². The number of esters is 1. The average molecular weight is 1260 g/mol. The second kappa shape index (κ2) is 68.1. The number of phosphoric acid groups is 1. The maximum Gasteiger partial charge on any atom is 0.472 e. The van der Waals surface area contributed by atoms with Crippen LogP contribution in [0.4, 0.5) is 0 Å². The molecule has 0 rings (SSSR count). The van der Waals surface area contributed by atoms with E-state index in [4.69, 9.17) is 13.8 Å². The van der Waals surface area contributed by atoms with Gasteiger partial charge in [0.1, 0.15) is 19.3 Å². The van der Waals surface area contributed by atoms with Crippen LogP contribution in [-0.4, -0.2) is 74.3 Å². The quantitative estimate of drug-likeness (QED) is 0.0205. The second-order valence-electron chi connectivity index (χ2n) is 27.9. The third kappa shape index (κ3) is 68.6. The molecule has 0 radical (unpaired) electrons. The fraction of sp³-hybridized carbons (Fsp3) is 0.897. The highest BCUT2D eigenvalue weighted by molar-refractivity contribution is 7.47. The van der Waals surface area contributed by atoms with Crippen molar-refractivity contribution < 1.29 is 37.3 Å². The largest absolute Gasteiger partial charge is 0.472 e. The van der Waals surface area contributed by atoms with Gasteiger partial charge in [-0.1, -0.05) is 359 Å². The standard InChI is InChI=1S/C78H151N2O7P/c1-7-10-13-16-19-22-25-28-30-32-34-36-38-40-42-44-46-48-50-52-55-58-61-64-67-70-77(81)79-75(74-86-88(83,84)85-73-72-80(4,5)6)76(69-66-63-60-57-54-27-24-21-18-15-12-9-3)87-78(82)71-68-65-62-59-56-53-51-49-47-45-43-41-39-37-35-33-31-29-26-23-20-17-14-11-8-2/h19,22,28,30,66,69,75-76H,7-18,20-21,23-27,29,31-65,67-68,70-74H2,1-6H3,(H-,79,81,83,84)/p+1/b22-19-,30-28-,69-66+. The molecule has 0 bridgehead atoms. The molecule has 520 valence electrons. The Labute approximate surface area is 548 Å². The third-order valence-corrected chi connectivity index (χ3v) is 18.8. The molecule has 0 heterocycles. The molecular weight excluding hydrogens is 1110 g/mol. The number of likely N-dealkylation sites (N-methyl/N-ethyl adjacent to an activating group) is 1. The van der Waals surface area contributed by atoms with Crippen LogP contribution in [0.25, 0.3) is 0 Å². The van der Waals surface area contributed by atoms with Crippen LogP contribution in [0.3, 0.4) is 0 Å². The molecule has 3 atom stereocenters. The summed E-state index contributed by atoms with van der Waals surface area (Å²) in [6.07, 6.45) is 86.1. The van der Waals surface area contributed by atoms with Gasteiger partial charge in [0.15, 0.2) is 0 Å². The zero-order chi connectivity index (χ0) is 64.2. The van der Waals surface area contributed by atoms with Gasteiger partial charge < -0.3 is 19.4 Å². The van der Waals surface area contributed by atoms with Gasteiger partial charge in [-0.15, -0.1) is 0 Å². The Bertz CT molecular complexity index is 1600. The first-order valence-electron chi connectivity index (χ1n) is 38.8. The van der Waals surface area contributed by atoms with E-state index in [1.807, 2.05) is 27.2 Å². The monoisotopic (exact) mass is 1260 g/mol. The maximum absolute atomic E-state index is 13.6. The van der Waals surface area contributed by atoms with Gasteiger partial charge in [-0.25, -0.2) is 4.57 Å². The van der Waals surface area contributed by atoms with Crippen molar-refractivity contribution in [3.8, 4) is 0 Å². The van der Waals surface area contributed by atoms with E-state index in [1.165, 1.54) is 302 Å². The van der Waals surface area contributed by atoms with E-state index in [2.05, 4.69) is 56.5 Å². The Morgan fingerprint density at radius 2 is 0.693 bits per heavy atom. The van der Waals surface area contributed by atoms with Crippen LogP contribution in [0.1, 0.15) is 400 Å². The highest BCUT2D eigenvalue weighted by Crippen LogP contribution is 2.43. The summed E-state index contributed by atoms with van der Waals surface area (Å²) in [7, 11) is 1.52. The minimum atomic E-state index is -4.45. The number of carbonyl (C=O) groups is 2. The van der Waals surface area contributed by atoms with Gasteiger partial charge in [-0.3, -0.25) is 18.6 Å². The lowest BCUT2D eigenvalue weighted by Crippen LogP contribution is -2.47. The molecule has 0 aromatic heterocycles. The predicted molar refractivity (Wildman–Crippen MR) is 383 cm³/mol. The van der Waals surface area contributed by atoms with Crippen LogP contribution in [0.15, 0.2) is 36.5 Å². The highest BCUT2D eigenvalue weighted by Gasteiger charge is 2.30. The number of phosphoric ester groups is 1. The summed E-state index contributed by atoms with van der Waals surface area (Å²) in [5, 5.41) is 3.09. The number of quaternary nitrogens is 1. The number of rotatable bonds is 72. The smallest absolute Gasteiger partial charge is 0.456 e. The van der Waals surface area contributed by atoms with Crippen molar-refractivity contribution in [3.05, 3.63) is 36.5 Å². The first kappa shape index (κ1) is 86.2. The lowest BCUT2D eigenvalue weighted by atomic mass is 10.0. The van der Waals surface area contributed by atoms with E-state index in [9.17, 15) is 19.0 Å². The molecular formula is C78H152N2O7P+. The Morgan fingerprint density at radius 3 is 1.05 bits per heavy atom. The first-order valence-corrected chi connectivity index (χ1v) is 40.3. The van der Waals surface area contributed by atoms with Crippen LogP contribution < -0.4 is 5.32 Å². The second-order valence-corrected chi connectivity index (χ2v) is 29.3. The van der Waals surface area contributed by atoms with E-state index in [0.717, 1.165) is 64.2 Å². The highest BCUT2D eigenvalue weighted by atomic mass is 31.2. The topological polar surface area (TPSA) is 111 Å². The van der Waals surface area contributed by atoms with E-state index >= 15 is 0 Å². The summed E-state index contributed by atoms with van der Waals surface area (Å²) in [5.74, 6) is -0.480. The summed E-state index contributed by atoms with van der Waals surface area (Å²) >= 11 is 0.